The van der Waals surface area contributed by atoms with Crippen LogP contribution in [0.2, 0.25) is 0 Å². The molecule has 2 rings (SSSR count). The highest BCUT2D eigenvalue weighted by atomic mass is 19.4. The molecule has 2 heterocycles. The number of rotatable bonds is 1. The molecule has 0 aromatic rings. The van der Waals surface area contributed by atoms with Crippen molar-refractivity contribution >= 4 is 17.4 Å². The SMILES string of the molecule is CC(C)(C)N1C=CC2C(C(F)(F)F)=NC(C(F)(F)F)=NC21/N=C(\N)C(F)(F)F. The van der Waals surface area contributed by atoms with Crippen LogP contribution in [-0.2, 0) is 0 Å². The maximum absolute atomic E-state index is 13.4. The first-order chi connectivity index (χ1) is 12.3. The third kappa shape index (κ3) is 3.81. The van der Waals surface area contributed by atoms with Crippen LogP contribution in [-0.4, -0.2) is 52.1 Å². The van der Waals surface area contributed by atoms with Gasteiger partial charge in [-0.25, -0.2) is 15.0 Å². The molecule has 5 nitrogen and oxygen atoms in total. The van der Waals surface area contributed by atoms with Gasteiger partial charge in [-0.3, -0.25) is 0 Å². The molecule has 0 saturated heterocycles. The van der Waals surface area contributed by atoms with Gasteiger partial charge in [-0.1, -0.05) is 6.08 Å². The van der Waals surface area contributed by atoms with Crippen LogP contribution in [0.3, 0.4) is 0 Å². The Kier molecular flexibility index (Phi) is 4.80. The Hall–Kier alpha value is -2.28. The van der Waals surface area contributed by atoms with E-state index in [1.165, 1.54) is 20.8 Å². The van der Waals surface area contributed by atoms with Crippen molar-refractivity contribution in [1.82, 2.24) is 4.90 Å². The molecule has 0 fully saturated rings. The fourth-order valence-corrected chi connectivity index (χ4v) is 2.80. The van der Waals surface area contributed by atoms with Gasteiger partial charge in [-0.2, -0.15) is 39.5 Å². The van der Waals surface area contributed by atoms with Crippen LogP contribution in [0.25, 0.3) is 0 Å². The van der Waals surface area contributed by atoms with Crippen molar-refractivity contribution in [3.8, 4) is 0 Å². The Balaban J connectivity index is 2.87. The molecule has 158 valence electrons. The van der Waals surface area contributed by atoms with Crippen molar-refractivity contribution < 1.29 is 39.5 Å². The summed E-state index contributed by atoms with van der Waals surface area (Å²) >= 11 is 0. The molecule has 2 aliphatic rings. The molecule has 0 spiro atoms. The molecule has 0 bridgehead atoms. The molecule has 0 aromatic heterocycles. The van der Waals surface area contributed by atoms with E-state index in [0.717, 1.165) is 17.2 Å². The average molecular weight is 423 g/mol. The van der Waals surface area contributed by atoms with E-state index in [9.17, 15) is 39.5 Å². The number of alkyl halides is 9. The highest BCUT2D eigenvalue weighted by molar-refractivity contribution is 6.07. The summed E-state index contributed by atoms with van der Waals surface area (Å²) in [6.07, 6.45) is -14.5. The van der Waals surface area contributed by atoms with E-state index in [-0.39, 0.29) is 0 Å². The standard InChI is InChI=1S/C14H14F9N5/c1-10(2,3)28-5-4-6-7(11(15,16)17)25-9(13(21,22)23)27-14(6,28)26-8(24)12(18,19)20/h4-6H,1-3H3,(H2,24,26). The first kappa shape index (κ1) is 22.0. The van der Waals surface area contributed by atoms with Gasteiger partial charge in [0.15, 0.2) is 0 Å². The Bertz CT molecular complexity index is 764. The summed E-state index contributed by atoms with van der Waals surface area (Å²) in [6.45, 7) is 4.05. The fraction of sp³-hybridized carbons (Fsp3) is 0.643. The maximum atomic E-state index is 13.4. The third-order valence-corrected chi connectivity index (χ3v) is 3.83. The summed E-state index contributed by atoms with van der Waals surface area (Å²) in [5.74, 6) is -9.54. The van der Waals surface area contributed by atoms with Crippen LogP contribution >= 0.6 is 0 Å². The Morgan fingerprint density at radius 1 is 1.04 bits per heavy atom. The van der Waals surface area contributed by atoms with Crippen LogP contribution in [0.15, 0.2) is 27.3 Å². The second-order valence-electron chi connectivity index (χ2n) is 6.97. The number of hydrogen-bond acceptors (Lipinski definition) is 4. The molecular formula is C14H14F9N5. The number of halogens is 9. The molecule has 0 aromatic carbocycles. The number of aliphatic imine (C=N–C) groups is 3. The van der Waals surface area contributed by atoms with E-state index in [2.05, 4.69) is 15.0 Å². The third-order valence-electron chi connectivity index (χ3n) is 3.83. The molecule has 0 radical (unpaired) electrons. The minimum Gasteiger partial charge on any atom is -0.380 e. The minimum absolute atomic E-state index is 0.751. The lowest BCUT2D eigenvalue weighted by atomic mass is 9.92. The zero-order valence-corrected chi connectivity index (χ0v) is 14.5. The van der Waals surface area contributed by atoms with E-state index < -0.39 is 53.2 Å². The number of nitrogens with zero attached hydrogens (tertiary/aromatic N) is 4. The van der Waals surface area contributed by atoms with E-state index in [0.29, 0.717) is 0 Å². The molecule has 0 saturated carbocycles. The normalized spacial score (nSPS) is 26.9. The van der Waals surface area contributed by atoms with E-state index in [4.69, 9.17) is 5.73 Å². The first-order valence-corrected chi connectivity index (χ1v) is 7.53. The fourth-order valence-electron chi connectivity index (χ4n) is 2.80. The van der Waals surface area contributed by atoms with E-state index in [1.807, 2.05) is 0 Å². The lowest BCUT2D eigenvalue weighted by molar-refractivity contribution is -0.0731. The number of hydrogen-bond donors (Lipinski definition) is 1. The summed E-state index contributed by atoms with van der Waals surface area (Å²) in [5, 5.41) is 0. The van der Waals surface area contributed by atoms with Crippen LogP contribution in [0.4, 0.5) is 39.5 Å². The van der Waals surface area contributed by atoms with Gasteiger partial charge in [0.25, 0.3) is 0 Å². The summed E-state index contributed by atoms with van der Waals surface area (Å²) in [6, 6.07) is 0. The van der Waals surface area contributed by atoms with Gasteiger partial charge in [0, 0.05) is 11.7 Å². The average Bonchev–Trinajstić information content (AvgIpc) is 2.81. The van der Waals surface area contributed by atoms with Crippen molar-refractivity contribution in [3.05, 3.63) is 12.3 Å². The van der Waals surface area contributed by atoms with Gasteiger partial charge in [0.1, 0.15) is 5.71 Å². The Morgan fingerprint density at radius 2 is 1.57 bits per heavy atom. The van der Waals surface area contributed by atoms with Gasteiger partial charge < -0.3 is 10.6 Å². The monoisotopic (exact) mass is 423 g/mol. The Morgan fingerprint density at radius 3 is 1.96 bits per heavy atom. The summed E-state index contributed by atoms with van der Waals surface area (Å²) in [7, 11) is 0. The zero-order chi connectivity index (χ0) is 21.9. The number of fused-ring (bicyclic) bond motifs is 1. The van der Waals surface area contributed by atoms with Crippen molar-refractivity contribution in [2.75, 3.05) is 0 Å². The van der Waals surface area contributed by atoms with Gasteiger partial charge in [-0.15, -0.1) is 0 Å². The van der Waals surface area contributed by atoms with Crippen molar-refractivity contribution in [1.29, 1.82) is 0 Å². The lowest BCUT2D eigenvalue weighted by Crippen LogP contribution is -2.59. The van der Waals surface area contributed by atoms with E-state index >= 15 is 0 Å². The van der Waals surface area contributed by atoms with Gasteiger partial charge in [-0.05, 0) is 20.8 Å². The van der Waals surface area contributed by atoms with Crippen LogP contribution in [0.5, 0.6) is 0 Å². The number of amidine groups is 2. The van der Waals surface area contributed by atoms with Crippen molar-refractivity contribution in [3.63, 3.8) is 0 Å². The topological polar surface area (TPSA) is 66.3 Å². The summed E-state index contributed by atoms with van der Waals surface area (Å²) < 4.78 is 119. The zero-order valence-electron chi connectivity index (χ0n) is 14.5. The van der Waals surface area contributed by atoms with Crippen LogP contribution in [0, 0.1) is 5.92 Å². The highest BCUT2D eigenvalue weighted by Gasteiger charge is 2.61. The lowest BCUT2D eigenvalue weighted by Gasteiger charge is -2.46. The quantitative estimate of drug-likeness (QED) is 0.396. The molecule has 2 aliphatic heterocycles. The molecule has 2 N–H and O–H groups in total. The smallest absolute Gasteiger partial charge is 0.380 e. The minimum atomic E-state index is -5.47. The van der Waals surface area contributed by atoms with Crippen molar-refractivity contribution in [2.24, 2.45) is 26.6 Å². The molecule has 14 heteroatoms. The highest BCUT2D eigenvalue weighted by Crippen LogP contribution is 2.47. The Labute approximate surface area is 152 Å². The molecule has 0 amide bonds. The van der Waals surface area contributed by atoms with Gasteiger partial charge in [0.2, 0.25) is 17.5 Å². The predicted molar refractivity (Wildman–Crippen MR) is 81.6 cm³/mol. The number of nitrogens with two attached hydrogens (primary N) is 1. The second-order valence-corrected chi connectivity index (χ2v) is 6.97. The largest absolute Gasteiger partial charge is 0.451 e. The van der Waals surface area contributed by atoms with E-state index in [1.54, 1.807) is 0 Å². The predicted octanol–water partition coefficient (Wildman–Crippen LogP) is 3.78. The van der Waals surface area contributed by atoms with Crippen LogP contribution < -0.4 is 5.73 Å². The summed E-state index contributed by atoms with van der Waals surface area (Å²) in [4.78, 5) is 9.46. The van der Waals surface area contributed by atoms with Crippen molar-refractivity contribution in [2.45, 2.75) is 50.6 Å². The van der Waals surface area contributed by atoms with Crippen LogP contribution in [0.1, 0.15) is 20.8 Å². The maximum Gasteiger partial charge on any atom is 0.451 e. The van der Waals surface area contributed by atoms with Gasteiger partial charge in [0.05, 0.1) is 5.92 Å². The molecule has 2 atom stereocenters. The first-order valence-electron chi connectivity index (χ1n) is 7.53. The second kappa shape index (κ2) is 6.11. The molecular weight excluding hydrogens is 409 g/mol. The molecule has 2 unspecified atom stereocenters. The summed E-state index contributed by atoms with van der Waals surface area (Å²) in [5.41, 5.74) is 1.60. The van der Waals surface area contributed by atoms with Gasteiger partial charge >= 0.3 is 18.5 Å². The molecule has 0 aliphatic carbocycles. The molecule has 28 heavy (non-hydrogen) atoms.